The summed E-state index contributed by atoms with van der Waals surface area (Å²) in [5, 5.41) is 12.0. The van der Waals surface area contributed by atoms with Crippen LogP contribution in [0.3, 0.4) is 0 Å². The molecule has 0 fully saturated rings. The number of phenolic OH excluding ortho intramolecular Hbond substituents is 1. The highest BCUT2D eigenvalue weighted by Crippen LogP contribution is 2.36. The molecule has 0 amide bonds. The van der Waals surface area contributed by atoms with Crippen molar-refractivity contribution in [3.63, 3.8) is 0 Å². The number of hydrogen-bond donors (Lipinski definition) is 1. The number of aromatic hydroxyl groups is 1. The number of hydrogen-bond acceptors (Lipinski definition) is 4. The molecule has 0 unspecified atom stereocenters. The molecule has 0 spiro atoms. The molecule has 0 aliphatic rings. The highest BCUT2D eigenvalue weighted by Gasteiger charge is 2.24. The topological polar surface area (TPSA) is 59.7 Å². The van der Waals surface area contributed by atoms with Gasteiger partial charge in [0.1, 0.15) is 5.58 Å². The number of phenols is 1. The van der Waals surface area contributed by atoms with Crippen molar-refractivity contribution in [2.75, 3.05) is 7.11 Å². The lowest BCUT2D eigenvalue weighted by Crippen LogP contribution is -2.19. The van der Waals surface area contributed by atoms with Gasteiger partial charge >= 0.3 is 5.63 Å². The Labute approximate surface area is 156 Å². The number of ether oxygens (including phenoxy) is 1. The van der Waals surface area contributed by atoms with Crippen LogP contribution in [0, 0.1) is 0 Å². The monoisotopic (exact) mass is 360 g/mol. The van der Waals surface area contributed by atoms with Gasteiger partial charge in [-0.3, -0.25) is 0 Å². The molecule has 0 atom stereocenters. The molecule has 0 radical (unpaired) electrons. The smallest absolute Gasteiger partial charge is 0.344 e. The third-order valence-corrected chi connectivity index (χ3v) is 5.23. The molecule has 0 saturated carbocycles. The maximum absolute atomic E-state index is 12.6. The van der Waals surface area contributed by atoms with Gasteiger partial charge < -0.3 is 14.3 Å². The summed E-state index contributed by atoms with van der Waals surface area (Å²) >= 11 is 0. The van der Waals surface area contributed by atoms with Crippen molar-refractivity contribution < 1.29 is 14.3 Å². The summed E-state index contributed by atoms with van der Waals surface area (Å²) in [4.78, 5) is 12.6. The molecule has 4 nitrogen and oxygen atoms in total. The van der Waals surface area contributed by atoms with Gasteiger partial charge in [0.15, 0.2) is 11.5 Å². The number of rotatable bonds is 3. The minimum absolute atomic E-state index is 0.0608. The van der Waals surface area contributed by atoms with Gasteiger partial charge in [0.25, 0.3) is 0 Å². The first kappa shape index (κ1) is 17.2. The van der Waals surface area contributed by atoms with Crippen LogP contribution in [-0.2, 0) is 5.41 Å². The molecule has 27 heavy (non-hydrogen) atoms. The standard InChI is InChI=1S/C23H20O4/c1-23(2,14-7-5-4-6-8-14)15-9-10-16-17-12-21(26-3)19(24)13-20(17)27-22(25)18(16)11-15/h4-13,24H,1-3H3. The van der Waals surface area contributed by atoms with E-state index in [4.69, 9.17) is 9.15 Å². The van der Waals surface area contributed by atoms with Crippen LogP contribution in [0.25, 0.3) is 21.7 Å². The van der Waals surface area contributed by atoms with Crippen LogP contribution in [-0.4, -0.2) is 12.2 Å². The van der Waals surface area contributed by atoms with E-state index in [1.165, 1.54) is 18.7 Å². The molecular weight excluding hydrogens is 340 g/mol. The first-order valence-corrected chi connectivity index (χ1v) is 8.75. The van der Waals surface area contributed by atoms with Crippen LogP contribution in [0.15, 0.2) is 69.9 Å². The third-order valence-electron chi connectivity index (χ3n) is 5.23. The zero-order valence-corrected chi connectivity index (χ0v) is 15.4. The zero-order valence-electron chi connectivity index (χ0n) is 15.4. The lowest BCUT2D eigenvalue weighted by molar-refractivity contribution is 0.373. The van der Waals surface area contributed by atoms with Crippen molar-refractivity contribution in [2.24, 2.45) is 0 Å². The average Bonchev–Trinajstić information content (AvgIpc) is 2.68. The summed E-state index contributed by atoms with van der Waals surface area (Å²) in [7, 11) is 1.49. The van der Waals surface area contributed by atoms with E-state index < -0.39 is 5.63 Å². The summed E-state index contributed by atoms with van der Waals surface area (Å²) in [6.45, 7) is 4.26. The predicted octanol–water partition coefficient (Wildman–Crippen LogP) is 4.99. The zero-order chi connectivity index (χ0) is 19.2. The van der Waals surface area contributed by atoms with Crippen LogP contribution >= 0.6 is 0 Å². The lowest BCUT2D eigenvalue weighted by atomic mass is 9.77. The van der Waals surface area contributed by atoms with E-state index >= 15 is 0 Å². The molecule has 0 aliphatic heterocycles. The van der Waals surface area contributed by atoms with Crippen LogP contribution in [0.5, 0.6) is 11.5 Å². The minimum atomic E-state index is -0.423. The number of benzene rings is 3. The molecular formula is C23H20O4. The molecule has 1 heterocycles. The van der Waals surface area contributed by atoms with E-state index in [2.05, 4.69) is 26.0 Å². The summed E-state index contributed by atoms with van der Waals surface area (Å²) in [5.74, 6) is 0.278. The second kappa shape index (κ2) is 6.16. The minimum Gasteiger partial charge on any atom is -0.504 e. The van der Waals surface area contributed by atoms with E-state index in [1.54, 1.807) is 6.07 Å². The van der Waals surface area contributed by atoms with Crippen LogP contribution in [0.2, 0.25) is 0 Å². The predicted molar refractivity (Wildman–Crippen MR) is 107 cm³/mol. The maximum atomic E-state index is 12.6. The van der Waals surface area contributed by atoms with Crippen LogP contribution in [0.1, 0.15) is 25.0 Å². The van der Waals surface area contributed by atoms with Crippen LogP contribution < -0.4 is 10.4 Å². The van der Waals surface area contributed by atoms with E-state index in [9.17, 15) is 9.90 Å². The summed E-state index contributed by atoms with van der Waals surface area (Å²) < 4.78 is 10.7. The Kier molecular flexibility index (Phi) is 3.92. The van der Waals surface area contributed by atoms with Crippen molar-refractivity contribution in [3.05, 3.63) is 82.2 Å². The Bertz CT molecular complexity index is 1200. The van der Waals surface area contributed by atoms with Gasteiger partial charge in [0.05, 0.1) is 12.5 Å². The molecule has 1 N–H and O–H groups in total. The largest absolute Gasteiger partial charge is 0.504 e. The maximum Gasteiger partial charge on any atom is 0.344 e. The molecule has 4 aromatic rings. The fourth-order valence-corrected chi connectivity index (χ4v) is 3.52. The Balaban J connectivity index is 1.98. The van der Waals surface area contributed by atoms with Crippen molar-refractivity contribution in [2.45, 2.75) is 19.3 Å². The van der Waals surface area contributed by atoms with Gasteiger partial charge in [-0.05, 0) is 23.3 Å². The quantitative estimate of drug-likeness (QED) is 0.413. The van der Waals surface area contributed by atoms with Crippen molar-refractivity contribution in [1.82, 2.24) is 0 Å². The average molecular weight is 360 g/mol. The Morgan fingerprint density at radius 1 is 0.889 bits per heavy atom. The molecule has 136 valence electrons. The van der Waals surface area contributed by atoms with E-state index in [0.29, 0.717) is 16.7 Å². The second-order valence-electron chi connectivity index (χ2n) is 7.16. The Morgan fingerprint density at radius 2 is 1.63 bits per heavy atom. The lowest BCUT2D eigenvalue weighted by Gasteiger charge is -2.26. The molecule has 3 aromatic carbocycles. The van der Waals surface area contributed by atoms with Crippen molar-refractivity contribution >= 4 is 21.7 Å². The van der Waals surface area contributed by atoms with Gasteiger partial charge in [-0.2, -0.15) is 0 Å². The van der Waals surface area contributed by atoms with E-state index in [-0.39, 0.29) is 11.2 Å². The third kappa shape index (κ3) is 2.74. The molecule has 0 saturated heterocycles. The van der Waals surface area contributed by atoms with Crippen molar-refractivity contribution in [3.8, 4) is 11.5 Å². The van der Waals surface area contributed by atoms with Gasteiger partial charge in [-0.1, -0.05) is 56.3 Å². The second-order valence-corrected chi connectivity index (χ2v) is 7.16. The summed E-state index contributed by atoms with van der Waals surface area (Å²) in [5.41, 5.74) is 1.84. The first-order valence-electron chi connectivity index (χ1n) is 8.75. The summed E-state index contributed by atoms with van der Waals surface area (Å²) in [6.07, 6.45) is 0. The van der Waals surface area contributed by atoms with Gasteiger partial charge in [-0.25, -0.2) is 4.79 Å². The Morgan fingerprint density at radius 3 is 2.33 bits per heavy atom. The fourth-order valence-electron chi connectivity index (χ4n) is 3.52. The fraction of sp³-hybridized carbons (Fsp3) is 0.174. The van der Waals surface area contributed by atoms with Crippen LogP contribution in [0.4, 0.5) is 0 Å². The van der Waals surface area contributed by atoms with E-state index in [0.717, 1.165) is 16.3 Å². The van der Waals surface area contributed by atoms with Gasteiger partial charge in [0, 0.05) is 22.3 Å². The van der Waals surface area contributed by atoms with E-state index in [1.807, 2.05) is 36.4 Å². The first-order chi connectivity index (χ1) is 12.9. The SMILES string of the molecule is COc1cc2c(cc1O)oc(=O)c1cc(C(C)(C)c3ccccc3)ccc12. The molecule has 1 aromatic heterocycles. The normalized spacial score (nSPS) is 11.8. The van der Waals surface area contributed by atoms with Gasteiger partial charge in [0.2, 0.25) is 0 Å². The Hall–Kier alpha value is -3.27. The number of fused-ring (bicyclic) bond motifs is 3. The highest BCUT2D eigenvalue weighted by atomic mass is 16.5. The number of methoxy groups -OCH3 is 1. The molecule has 0 bridgehead atoms. The van der Waals surface area contributed by atoms with Crippen molar-refractivity contribution in [1.29, 1.82) is 0 Å². The molecule has 4 rings (SSSR count). The highest BCUT2D eigenvalue weighted by molar-refractivity contribution is 6.05. The summed E-state index contributed by atoms with van der Waals surface area (Å²) in [6, 6.07) is 19.2. The molecule has 0 aliphatic carbocycles. The molecule has 4 heteroatoms. The van der Waals surface area contributed by atoms with Gasteiger partial charge in [-0.15, -0.1) is 0 Å².